The molecule has 0 aromatic rings. The van der Waals surface area contributed by atoms with Crippen molar-refractivity contribution in [2.24, 2.45) is 28.8 Å². The van der Waals surface area contributed by atoms with Gasteiger partial charge in [-0.2, -0.15) is 0 Å². The second-order valence-corrected chi connectivity index (χ2v) is 7.06. The van der Waals surface area contributed by atoms with Crippen LogP contribution in [0, 0.1) is 23.7 Å². The Kier molecular flexibility index (Phi) is 11.6. The van der Waals surface area contributed by atoms with E-state index in [1.807, 2.05) is 13.8 Å². The van der Waals surface area contributed by atoms with Gasteiger partial charge in [-0.15, -0.1) is 0 Å². The fourth-order valence-corrected chi connectivity index (χ4v) is 2.90. The fourth-order valence-electron chi connectivity index (χ4n) is 2.90. The highest BCUT2D eigenvalue weighted by Crippen LogP contribution is 2.20. The van der Waals surface area contributed by atoms with Gasteiger partial charge in [0, 0.05) is 5.92 Å². The number of hydrogen-bond donors (Lipinski definition) is 3. The lowest BCUT2D eigenvalue weighted by atomic mass is 9.86. The van der Waals surface area contributed by atoms with Gasteiger partial charge < -0.3 is 24.9 Å². The standard InChI is InChI=1S/C19H33NO8/c1-7-8-10(2)15(20-26)11(3)17(23)14(21)9-28-19(25)13(5)16(22)12(4)18(24)27-6/h10-14,17,21,23,26H,7-9H2,1-6H3/b20-15+/t10-,11?,12+,13?,14?,17?/m1/s1. The van der Waals surface area contributed by atoms with Gasteiger partial charge in [0.1, 0.15) is 24.5 Å². The molecule has 0 saturated carbocycles. The molecule has 0 aliphatic heterocycles. The Morgan fingerprint density at radius 3 is 2.00 bits per heavy atom. The molecule has 0 fully saturated rings. The van der Waals surface area contributed by atoms with E-state index in [2.05, 4.69) is 9.89 Å². The first-order chi connectivity index (χ1) is 13.0. The quantitative estimate of drug-likeness (QED) is 0.145. The van der Waals surface area contributed by atoms with Gasteiger partial charge in [-0.3, -0.25) is 14.4 Å². The van der Waals surface area contributed by atoms with E-state index < -0.39 is 54.3 Å². The molecule has 3 N–H and O–H groups in total. The van der Waals surface area contributed by atoms with Crippen molar-refractivity contribution >= 4 is 23.4 Å². The topological polar surface area (TPSA) is 143 Å². The summed E-state index contributed by atoms with van der Waals surface area (Å²) in [5.41, 5.74) is 0.343. The third kappa shape index (κ3) is 7.20. The van der Waals surface area contributed by atoms with Gasteiger partial charge in [0.2, 0.25) is 0 Å². The van der Waals surface area contributed by atoms with Crippen molar-refractivity contribution in [3.63, 3.8) is 0 Å². The Morgan fingerprint density at radius 1 is 1.00 bits per heavy atom. The zero-order valence-corrected chi connectivity index (χ0v) is 17.4. The zero-order valence-electron chi connectivity index (χ0n) is 17.4. The summed E-state index contributed by atoms with van der Waals surface area (Å²) in [6.45, 7) is 7.49. The number of rotatable bonds is 12. The summed E-state index contributed by atoms with van der Waals surface area (Å²) in [5.74, 6) is -5.45. The van der Waals surface area contributed by atoms with Crippen LogP contribution in [0.2, 0.25) is 0 Å². The van der Waals surface area contributed by atoms with Crippen LogP contribution in [0.3, 0.4) is 0 Å². The molecule has 0 aromatic heterocycles. The molecule has 0 radical (unpaired) electrons. The van der Waals surface area contributed by atoms with Crippen molar-refractivity contribution < 1.29 is 39.3 Å². The zero-order chi connectivity index (χ0) is 22.0. The van der Waals surface area contributed by atoms with Gasteiger partial charge >= 0.3 is 11.9 Å². The average Bonchev–Trinajstić information content (AvgIpc) is 2.69. The molecule has 0 rings (SSSR count). The molecule has 0 heterocycles. The maximum absolute atomic E-state index is 12.1. The van der Waals surface area contributed by atoms with Crippen LogP contribution in [0.4, 0.5) is 0 Å². The Bertz CT molecular complexity index is 562. The predicted molar refractivity (Wildman–Crippen MR) is 101 cm³/mol. The number of aliphatic hydroxyl groups is 2. The van der Waals surface area contributed by atoms with Crippen molar-refractivity contribution in [1.29, 1.82) is 0 Å². The van der Waals surface area contributed by atoms with Crippen LogP contribution in [-0.4, -0.2) is 64.8 Å². The minimum Gasteiger partial charge on any atom is -0.468 e. The van der Waals surface area contributed by atoms with E-state index in [1.54, 1.807) is 6.92 Å². The summed E-state index contributed by atoms with van der Waals surface area (Å²) >= 11 is 0. The molecule has 9 nitrogen and oxygen atoms in total. The largest absolute Gasteiger partial charge is 0.468 e. The number of carbonyl (C=O) groups is 3. The smallest absolute Gasteiger partial charge is 0.316 e. The molecule has 0 spiro atoms. The van der Waals surface area contributed by atoms with E-state index in [0.717, 1.165) is 20.0 Å². The minimum atomic E-state index is -1.44. The van der Waals surface area contributed by atoms with Crippen molar-refractivity contribution in [3.8, 4) is 0 Å². The van der Waals surface area contributed by atoms with E-state index in [0.29, 0.717) is 5.71 Å². The average molecular weight is 403 g/mol. The molecule has 0 saturated heterocycles. The van der Waals surface area contributed by atoms with Crippen LogP contribution in [0.15, 0.2) is 5.16 Å². The van der Waals surface area contributed by atoms with E-state index in [-0.39, 0.29) is 5.92 Å². The van der Waals surface area contributed by atoms with Crippen LogP contribution >= 0.6 is 0 Å². The fraction of sp³-hybridized carbons (Fsp3) is 0.789. The van der Waals surface area contributed by atoms with Crippen LogP contribution in [0.25, 0.3) is 0 Å². The van der Waals surface area contributed by atoms with E-state index >= 15 is 0 Å². The van der Waals surface area contributed by atoms with Crippen LogP contribution in [-0.2, 0) is 23.9 Å². The second kappa shape index (κ2) is 12.5. The number of carbonyl (C=O) groups excluding carboxylic acids is 3. The van der Waals surface area contributed by atoms with Crippen molar-refractivity contribution in [1.82, 2.24) is 0 Å². The summed E-state index contributed by atoms with van der Waals surface area (Å²) in [4.78, 5) is 35.5. The molecule has 0 aliphatic carbocycles. The molecule has 4 unspecified atom stereocenters. The Balaban J connectivity index is 4.82. The first-order valence-corrected chi connectivity index (χ1v) is 9.39. The molecule has 28 heavy (non-hydrogen) atoms. The highest BCUT2D eigenvalue weighted by Gasteiger charge is 2.34. The number of hydrogen-bond acceptors (Lipinski definition) is 9. The van der Waals surface area contributed by atoms with Crippen molar-refractivity contribution in [2.45, 2.75) is 59.7 Å². The molecule has 0 bridgehead atoms. The van der Waals surface area contributed by atoms with Gasteiger partial charge in [-0.05, 0) is 26.2 Å². The number of aliphatic hydroxyl groups excluding tert-OH is 2. The van der Waals surface area contributed by atoms with Gasteiger partial charge in [0.15, 0.2) is 5.78 Å². The third-order valence-electron chi connectivity index (χ3n) is 4.87. The summed E-state index contributed by atoms with van der Waals surface area (Å²) in [5, 5.41) is 32.9. The number of Topliss-reactive ketones (excluding diaryl/α,β-unsaturated/α-hetero) is 1. The Labute approximate surface area is 165 Å². The van der Waals surface area contributed by atoms with E-state index in [9.17, 15) is 29.8 Å². The van der Waals surface area contributed by atoms with E-state index in [4.69, 9.17) is 4.74 Å². The lowest BCUT2D eigenvalue weighted by Gasteiger charge is -2.27. The van der Waals surface area contributed by atoms with E-state index in [1.165, 1.54) is 13.8 Å². The number of oxime groups is 1. The normalized spacial score (nSPS) is 18.4. The van der Waals surface area contributed by atoms with Crippen molar-refractivity contribution in [2.75, 3.05) is 13.7 Å². The molecular weight excluding hydrogens is 370 g/mol. The lowest BCUT2D eigenvalue weighted by molar-refractivity contribution is -0.159. The number of ketones is 1. The minimum absolute atomic E-state index is 0.0909. The second-order valence-electron chi connectivity index (χ2n) is 7.06. The maximum Gasteiger partial charge on any atom is 0.316 e. The number of nitrogens with zero attached hydrogens (tertiary/aromatic N) is 1. The summed E-state index contributed by atoms with van der Waals surface area (Å²) in [6.07, 6.45) is -1.17. The Morgan fingerprint density at radius 2 is 1.54 bits per heavy atom. The highest BCUT2D eigenvalue weighted by molar-refractivity contribution is 6.07. The summed E-state index contributed by atoms with van der Waals surface area (Å²) in [6, 6.07) is 0. The van der Waals surface area contributed by atoms with Gasteiger partial charge in [0.05, 0.1) is 18.9 Å². The lowest BCUT2D eigenvalue weighted by Crippen LogP contribution is -2.42. The van der Waals surface area contributed by atoms with Crippen molar-refractivity contribution in [3.05, 3.63) is 0 Å². The molecular formula is C19H33NO8. The monoisotopic (exact) mass is 403 g/mol. The maximum atomic E-state index is 12.1. The number of esters is 2. The van der Waals surface area contributed by atoms with Crippen LogP contribution in [0.1, 0.15) is 47.5 Å². The first-order valence-electron chi connectivity index (χ1n) is 9.39. The molecule has 0 amide bonds. The predicted octanol–water partition coefficient (Wildman–Crippen LogP) is 1.17. The molecule has 0 aliphatic rings. The highest BCUT2D eigenvalue weighted by atomic mass is 16.5. The van der Waals surface area contributed by atoms with Gasteiger partial charge in [0.25, 0.3) is 0 Å². The first kappa shape index (κ1) is 26.0. The van der Waals surface area contributed by atoms with Gasteiger partial charge in [-0.1, -0.05) is 32.3 Å². The molecule has 6 atom stereocenters. The van der Waals surface area contributed by atoms with Crippen LogP contribution in [0.5, 0.6) is 0 Å². The summed E-state index contributed by atoms with van der Waals surface area (Å²) < 4.78 is 9.39. The molecule has 9 heteroatoms. The Hall–Kier alpha value is -2.00. The SMILES string of the molecule is CCC[C@@H](C)/C(=N\O)C(C)C(O)C(O)COC(=O)C(C)C(=O)[C@H](C)C(=O)OC. The number of methoxy groups -OCH3 is 1. The third-order valence-corrected chi connectivity index (χ3v) is 4.87. The number of ether oxygens (including phenoxy) is 2. The van der Waals surface area contributed by atoms with Crippen LogP contribution < -0.4 is 0 Å². The summed E-state index contributed by atoms with van der Waals surface area (Å²) in [7, 11) is 1.14. The molecule has 0 aromatic carbocycles. The van der Waals surface area contributed by atoms with Gasteiger partial charge in [-0.25, -0.2) is 0 Å². The molecule has 162 valence electrons.